The minimum atomic E-state index is -0.181. The van der Waals surface area contributed by atoms with Gasteiger partial charge in [0.25, 0.3) is 0 Å². The normalized spacial score (nSPS) is 16.6. The molecular formula is C22H22FN. The van der Waals surface area contributed by atoms with Crippen molar-refractivity contribution in [2.24, 2.45) is 0 Å². The van der Waals surface area contributed by atoms with Gasteiger partial charge in [-0.2, -0.15) is 0 Å². The smallest absolute Gasteiger partial charge is 0.123 e. The van der Waals surface area contributed by atoms with Gasteiger partial charge in [-0.3, -0.25) is 0 Å². The predicted octanol–water partition coefficient (Wildman–Crippen LogP) is 5.46. The van der Waals surface area contributed by atoms with E-state index in [9.17, 15) is 4.39 Å². The zero-order valence-electron chi connectivity index (χ0n) is 14.0. The van der Waals surface area contributed by atoms with E-state index in [1.54, 1.807) is 12.1 Å². The van der Waals surface area contributed by atoms with Gasteiger partial charge in [0.2, 0.25) is 0 Å². The highest BCUT2D eigenvalue weighted by atomic mass is 19.1. The van der Waals surface area contributed by atoms with Crippen LogP contribution in [-0.2, 0) is 0 Å². The highest BCUT2D eigenvalue weighted by Gasteiger charge is 2.22. The quantitative estimate of drug-likeness (QED) is 0.606. The van der Waals surface area contributed by atoms with E-state index >= 15 is 0 Å². The van der Waals surface area contributed by atoms with Gasteiger partial charge in [0.15, 0.2) is 0 Å². The van der Waals surface area contributed by atoms with Crippen LogP contribution >= 0.6 is 0 Å². The molecule has 0 saturated carbocycles. The molecule has 1 heterocycles. The Hall–Kier alpha value is -2.19. The number of halogens is 1. The van der Waals surface area contributed by atoms with E-state index in [2.05, 4.69) is 48.3 Å². The third-order valence-electron chi connectivity index (χ3n) is 5.25. The second kappa shape index (κ2) is 6.37. The van der Waals surface area contributed by atoms with Crippen molar-refractivity contribution in [3.05, 3.63) is 72.0 Å². The van der Waals surface area contributed by atoms with Gasteiger partial charge in [-0.25, -0.2) is 4.39 Å². The van der Waals surface area contributed by atoms with Gasteiger partial charge in [0, 0.05) is 0 Å². The van der Waals surface area contributed by atoms with E-state index in [-0.39, 0.29) is 5.82 Å². The lowest BCUT2D eigenvalue weighted by Gasteiger charge is -2.31. The molecule has 0 N–H and O–H groups in total. The molecule has 1 aliphatic rings. The summed E-state index contributed by atoms with van der Waals surface area (Å²) in [5.41, 5.74) is 3.80. The van der Waals surface area contributed by atoms with Crippen molar-refractivity contribution in [2.75, 3.05) is 20.1 Å². The molecule has 1 aliphatic heterocycles. The number of hydrogen-bond acceptors (Lipinski definition) is 1. The average molecular weight is 319 g/mol. The first-order valence-electron chi connectivity index (χ1n) is 8.68. The van der Waals surface area contributed by atoms with Gasteiger partial charge in [-0.1, -0.05) is 48.5 Å². The van der Waals surface area contributed by atoms with Gasteiger partial charge >= 0.3 is 0 Å². The summed E-state index contributed by atoms with van der Waals surface area (Å²) in [6.45, 7) is 2.28. The number of likely N-dealkylation sites (tertiary alicyclic amines) is 1. The molecule has 0 aromatic heterocycles. The zero-order valence-corrected chi connectivity index (χ0v) is 14.0. The van der Waals surface area contributed by atoms with Crippen LogP contribution in [0, 0.1) is 5.82 Å². The number of rotatable bonds is 2. The Kier molecular flexibility index (Phi) is 4.07. The van der Waals surface area contributed by atoms with Crippen LogP contribution in [0.15, 0.2) is 60.7 Å². The zero-order chi connectivity index (χ0) is 16.5. The monoisotopic (exact) mass is 319 g/mol. The highest BCUT2D eigenvalue weighted by Crippen LogP contribution is 2.39. The summed E-state index contributed by atoms with van der Waals surface area (Å²) in [6.07, 6.45) is 2.37. The van der Waals surface area contributed by atoms with E-state index in [0.29, 0.717) is 5.92 Å². The molecule has 3 aromatic carbocycles. The van der Waals surface area contributed by atoms with E-state index < -0.39 is 0 Å². The third-order valence-corrected chi connectivity index (χ3v) is 5.25. The van der Waals surface area contributed by atoms with E-state index in [1.165, 1.54) is 34.7 Å². The van der Waals surface area contributed by atoms with Crippen molar-refractivity contribution in [3.8, 4) is 11.1 Å². The molecule has 0 amide bonds. The largest absolute Gasteiger partial charge is 0.306 e. The molecule has 0 bridgehead atoms. The molecule has 0 aliphatic carbocycles. The Labute approximate surface area is 142 Å². The molecule has 24 heavy (non-hydrogen) atoms. The van der Waals surface area contributed by atoms with Crippen LogP contribution in [0.4, 0.5) is 4.39 Å². The van der Waals surface area contributed by atoms with Crippen LogP contribution in [0.25, 0.3) is 21.9 Å². The van der Waals surface area contributed by atoms with Crippen molar-refractivity contribution in [2.45, 2.75) is 18.8 Å². The standard InChI is InChI=1S/C22H22FN/c1-24-14-12-17(13-15-24)21-11-8-16-4-2-3-5-20(16)22(21)18-6-9-19(23)10-7-18/h2-11,17H,12-15H2,1H3. The maximum absolute atomic E-state index is 13.4. The Balaban J connectivity index is 1.89. The number of piperidine rings is 1. The van der Waals surface area contributed by atoms with Crippen molar-refractivity contribution in [3.63, 3.8) is 0 Å². The SMILES string of the molecule is CN1CCC(c2ccc3ccccc3c2-c2ccc(F)cc2)CC1. The summed E-state index contributed by atoms with van der Waals surface area (Å²) in [5, 5.41) is 2.51. The molecular weight excluding hydrogens is 297 g/mol. The topological polar surface area (TPSA) is 3.24 Å². The molecule has 3 aromatic rings. The summed E-state index contributed by atoms with van der Waals surface area (Å²) >= 11 is 0. The lowest BCUT2D eigenvalue weighted by molar-refractivity contribution is 0.255. The fourth-order valence-corrected chi connectivity index (χ4v) is 3.89. The van der Waals surface area contributed by atoms with Crippen LogP contribution in [-0.4, -0.2) is 25.0 Å². The van der Waals surface area contributed by atoms with Crippen LogP contribution in [0.1, 0.15) is 24.3 Å². The maximum Gasteiger partial charge on any atom is 0.123 e. The molecule has 122 valence electrons. The first-order valence-corrected chi connectivity index (χ1v) is 8.68. The van der Waals surface area contributed by atoms with Crippen LogP contribution in [0.2, 0.25) is 0 Å². The molecule has 0 atom stereocenters. The number of nitrogens with zero attached hydrogens (tertiary/aromatic N) is 1. The fourth-order valence-electron chi connectivity index (χ4n) is 3.89. The third kappa shape index (κ3) is 2.83. The number of hydrogen-bond donors (Lipinski definition) is 0. The van der Waals surface area contributed by atoms with Gasteiger partial charge in [0.1, 0.15) is 5.82 Å². The Bertz CT molecular complexity index is 845. The molecule has 1 saturated heterocycles. The first-order chi connectivity index (χ1) is 11.7. The van der Waals surface area contributed by atoms with E-state index in [1.807, 2.05) is 12.1 Å². The lowest BCUT2D eigenvalue weighted by Crippen LogP contribution is -2.29. The second-order valence-electron chi connectivity index (χ2n) is 6.84. The molecule has 0 radical (unpaired) electrons. The van der Waals surface area contributed by atoms with E-state index in [0.717, 1.165) is 18.7 Å². The maximum atomic E-state index is 13.4. The summed E-state index contributed by atoms with van der Waals surface area (Å²) in [7, 11) is 2.19. The van der Waals surface area contributed by atoms with Gasteiger partial charge in [-0.15, -0.1) is 0 Å². The van der Waals surface area contributed by atoms with E-state index in [4.69, 9.17) is 0 Å². The molecule has 0 unspecified atom stereocenters. The fraction of sp³-hybridized carbons (Fsp3) is 0.273. The molecule has 4 rings (SSSR count). The van der Waals surface area contributed by atoms with Crippen LogP contribution in [0.3, 0.4) is 0 Å². The van der Waals surface area contributed by atoms with Crippen LogP contribution < -0.4 is 0 Å². The second-order valence-corrected chi connectivity index (χ2v) is 6.84. The summed E-state index contributed by atoms with van der Waals surface area (Å²) in [4.78, 5) is 2.40. The summed E-state index contributed by atoms with van der Waals surface area (Å²) in [5.74, 6) is 0.394. The summed E-state index contributed by atoms with van der Waals surface area (Å²) < 4.78 is 13.4. The predicted molar refractivity (Wildman–Crippen MR) is 98.8 cm³/mol. The van der Waals surface area contributed by atoms with Gasteiger partial charge in [0.05, 0.1) is 0 Å². The molecule has 2 heteroatoms. The van der Waals surface area contributed by atoms with Crippen molar-refractivity contribution >= 4 is 10.8 Å². The lowest BCUT2D eigenvalue weighted by atomic mass is 9.82. The van der Waals surface area contributed by atoms with Crippen molar-refractivity contribution < 1.29 is 4.39 Å². The first kappa shape index (κ1) is 15.3. The number of benzene rings is 3. The van der Waals surface area contributed by atoms with Gasteiger partial charge < -0.3 is 4.90 Å². The molecule has 0 spiro atoms. The van der Waals surface area contributed by atoms with Gasteiger partial charge in [-0.05, 0) is 78.5 Å². The molecule has 1 fully saturated rings. The Morgan fingerprint density at radius 1 is 0.875 bits per heavy atom. The van der Waals surface area contributed by atoms with Crippen LogP contribution in [0.5, 0.6) is 0 Å². The van der Waals surface area contributed by atoms with Crippen molar-refractivity contribution in [1.29, 1.82) is 0 Å². The van der Waals surface area contributed by atoms with Crippen molar-refractivity contribution in [1.82, 2.24) is 4.90 Å². The minimum absolute atomic E-state index is 0.181. The summed E-state index contributed by atoms with van der Waals surface area (Å²) in [6, 6.07) is 20.0. The number of fused-ring (bicyclic) bond motifs is 1. The minimum Gasteiger partial charge on any atom is -0.306 e. The molecule has 1 nitrogen and oxygen atoms in total. The highest BCUT2D eigenvalue weighted by molar-refractivity contribution is 5.98. The Morgan fingerprint density at radius 3 is 2.33 bits per heavy atom. The average Bonchev–Trinajstić information content (AvgIpc) is 2.62. The Morgan fingerprint density at radius 2 is 1.58 bits per heavy atom.